The van der Waals surface area contributed by atoms with Crippen LogP contribution in [0.4, 0.5) is 10.5 Å². The van der Waals surface area contributed by atoms with Crippen molar-refractivity contribution in [2.24, 2.45) is 0 Å². The van der Waals surface area contributed by atoms with Gasteiger partial charge in [0.05, 0.1) is 12.1 Å². The van der Waals surface area contributed by atoms with Crippen molar-refractivity contribution in [2.75, 3.05) is 5.32 Å². The normalized spacial score (nSPS) is 10.2. The van der Waals surface area contributed by atoms with E-state index in [1.54, 1.807) is 13.0 Å². The molecule has 0 bridgehead atoms. The van der Waals surface area contributed by atoms with Gasteiger partial charge >= 0.3 is 12.0 Å². The van der Waals surface area contributed by atoms with Crippen LogP contribution in [0, 0.1) is 13.8 Å². The molecule has 0 aliphatic rings. The largest absolute Gasteiger partial charge is 0.478 e. The number of nitrogens with zero attached hydrogens (tertiary/aromatic N) is 1. The van der Waals surface area contributed by atoms with Crippen LogP contribution in [0.3, 0.4) is 0 Å². The van der Waals surface area contributed by atoms with Gasteiger partial charge in [0.1, 0.15) is 5.01 Å². The fraction of sp³-hybridized carbons (Fsp3) is 0.214. The second-order valence-corrected chi connectivity index (χ2v) is 5.47. The fourth-order valence-corrected chi connectivity index (χ4v) is 2.45. The first-order chi connectivity index (χ1) is 9.95. The zero-order valence-corrected chi connectivity index (χ0v) is 12.5. The van der Waals surface area contributed by atoms with Crippen LogP contribution >= 0.6 is 11.3 Å². The predicted octanol–water partition coefficient (Wildman–Crippen LogP) is 2.78. The maximum Gasteiger partial charge on any atom is 0.335 e. The molecule has 0 aliphatic heterocycles. The highest BCUT2D eigenvalue weighted by Crippen LogP contribution is 2.16. The molecule has 0 fully saturated rings. The Balaban J connectivity index is 1.94. The molecule has 0 radical (unpaired) electrons. The first kappa shape index (κ1) is 15.0. The van der Waals surface area contributed by atoms with Gasteiger partial charge in [-0.15, -0.1) is 11.3 Å². The van der Waals surface area contributed by atoms with Crippen molar-refractivity contribution in [1.29, 1.82) is 0 Å². The monoisotopic (exact) mass is 305 g/mol. The maximum atomic E-state index is 11.8. The molecule has 1 heterocycles. The lowest BCUT2D eigenvalue weighted by molar-refractivity contribution is 0.0697. The van der Waals surface area contributed by atoms with E-state index < -0.39 is 5.97 Å². The minimum absolute atomic E-state index is 0.191. The van der Waals surface area contributed by atoms with Crippen LogP contribution < -0.4 is 10.6 Å². The number of hydrogen-bond donors (Lipinski definition) is 3. The third kappa shape index (κ3) is 4.03. The first-order valence-electron chi connectivity index (χ1n) is 6.25. The lowest BCUT2D eigenvalue weighted by atomic mass is 10.1. The van der Waals surface area contributed by atoms with Gasteiger partial charge in [-0.25, -0.2) is 14.6 Å². The Morgan fingerprint density at radius 3 is 2.67 bits per heavy atom. The molecule has 0 aliphatic carbocycles. The summed E-state index contributed by atoms with van der Waals surface area (Å²) in [5.74, 6) is -0.992. The quantitative estimate of drug-likeness (QED) is 0.810. The van der Waals surface area contributed by atoms with Gasteiger partial charge < -0.3 is 15.7 Å². The Labute approximate surface area is 125 Å². The van der Waals surface area contributed by atoms with E-state index in [2.05, 4.69) is 15.6 Å². The van der Waals surface area contributed by atoms with Gasteiger partial charge in [-0.3, -0.25) is 0 Å². The molecule has 1 aromatic carbocycles. The summed E-state index contributed by atoms with van der Waals surface area (Å²) in [7, 11) is 0. The summed E-state index contributed by atoms with van der Waals surface area (Å²) in [5.41, 5.74) is 2.39. The Hall–Kier alpha value is -2.41. The van der Waals surface area contributed by atoms with E-state index >= 15 is 0 Å². The summed E-state index contributed by atoms with van der Waals surface area (Å²) in [6.07, 6.45) is 0. The average molecular weight is 305 g/mol. The second kappa shape index (κ2) is 6.36. The van der Waals surface area contributed by atoms with Crippen molar-refractivity contribution in [1.82, 2.24) is 10.3 Å². The molecule has 2 amide bonds. The third-order valence-corrected chi connectivity index (χ3v) is 3.75. The average Bonchev–Trinajstić information content (AvgIpc) is 2.84. The molecule has 0 unspecified atom stereocenters. The minimum atomic E-state index is -0.992. The molecule has 2 rings (SSSR count). The Morgan fingerprint density at radius 2 is 2.10 bits per heavy atom. The third-order valence-electron chi connectivity index (χ3n) is 2.79. The van der Waals surface area contributed by atoms with E-state index in [0.717, 1.165) is 10.7 Å². The summed E-state index contributed by atoms with van der Waals surface area (Å²) < 4.78 is 0. The molecule has 110 valence electrons. The molecule has 0 saturated heterocycles. The number of carbonyl (C=O) groups is 2. The number of amides is 2. The minimum Gasteiger partial charge on any atom is -0.478 e. The number of nitrogens with one attached hydrogen (secondary N) is 2. The number of anilines is 1. The number of carbonyl (C=O) groups excluding carboxylic acids is 1. The van der Waals surface area contributed by atoms with E-state index in [4.69, 9.17) is 5.11 Å². The number of carboxylic acid groups (broad SMARTS) is 1. The molecule has 1 aromatic heterocycles. The molecule has 0 spiro atoms. The van der Waals surface area contributed by atoms with Gasteiger partial charge in [-0.1, -0.05) is 0 Å². The number of benzene rings is 1. The molecule has 0 saturated carbocycles. The Bertz CT molecular complexity index is 682. The number of thiazole rings is 1. The highest BCUT2D eigenvalue weighted by atomic mass is 32.1. The van der Waals surface area contributed by atoms with E-state index in [1.807, 2.05) is 12.3 Å². The number of urea groups is 1. The topological polar surface area (TPSA) is 91.3 Å². The summed E-state index contributed by atoms with van der Waals surface area (Å²) in [4.78, 5) is 26.9. The molecule has 2 aromatic rings. The lowest BCUT2D eigenvalue weighted by Crippen LogP contribution is -2.28. The highest BCUT2D eigenvalue weighted by Gasteiger charge is 2.08. The van der Waals surface area contributed by atoms with Crippen LogP contribution in [0.15, 0.2) is 23.6 Å². The number of aromatic carboxylic acids is 1. The zero-order chi connectivity index (χ0) is 15.4. The van der Waals surface area contributed by atoms with Crippen molar-refractivity contribution in [3.05, 3.63) is 45.4 Å². The van der Waals surface area contributed by atoms with Crippen LogP contribution in [0.25, 0.3) is 0 Å². The SMILES string of the molecule is Cc1csc(CNC(=O)Nc2ccc(C(=O)O)cc2C)n1. The van der Waals surface area contributed by atoms with Gasteiger partial charge in [0.15, 0.2) is 0 Å². The molecule has 6 nitrogen and oxygen atoms in total. The number of aromatic nitrogens is 1. The molecule has 0 atom stereocenters. The predicted molar refractivity (Wildman–Crippen MR) is 80.8 cm³/mol. The number of hydrogen-bond acceptors (Lipinski definition) is 4. The maximum absolute atomic E-state index is 11.8. The molecule has 3 N–H and O–H groups in total. The summed E-state index contributed by atoms with van der Waals surface area (Å²) in [6, 6.07) is 4.19. The number of rotatable bonds is 4. The molecule has 21 heavy (non-hydrogen) atoms. The number of aryl methyl sites for hydroxylation is 2. The van der Waals surface area contributed by atoms with E-state index in [0.29, 0.717) is 17.8 Å². The van der Waals surface area contributed by atoms with Crippen molar-refractivity contribution in [2.45, 2.75) is 20.4 Å². The van der Waals surface area contributed by atoms with Crippen LogP contribution in [0.2, 0.25) is 0 Å². The van der Waals surface area contributed by atoms with Gasteiger partial charge in [0, 0.05) is 16.8 Å². The number of carboxylic acids is 1. The van der Waals surface area contributed by atoms with Crippen molar-refractivity contribution in [3.63, 3.8) is 0 Å². The second-order valence-electron chi connectivity index (χ2n) is 4.53. The first-order valence-corrected chi connectivity index (χ1v) is 7.13. The van der Waals surface area contributed by atoms with Gasteiger partial charge in [0.25, 0.3) is 0 Å². The van der Waals surface area contributed by atoms with Gasteiger partial charge in [-0.05, 0) is 37.6 Å². The van der Waals surface area contributed by atoms with Gasteiger partial charge in [0.2, 0.25) is 0 Å². The fourth-order valence-electron chi connectivity index (χ4n) is 1.74. The van der Waals surface area contributed by atoms with Crippen molar-refractivity contribution in [3.8, 4) is 0 Å². The Kier molecular flexibility index (Phi) is 4.54. The molecular weight excluding hydrogens is 290 g/mol. The highest BCUT2D eigenvalue weighted by molar-refractivity contribution is 7.09. The lowest BCUT2D eigenvalue weighted by Gasteiger charge is -2.09. The Morgan fingerprint density at radius 1 is 1.33 bits per heavy atom. The van der Waals surface area contributed by atoms with Crippen molar-refractivity contribution < 1.29 is 14.7 Å². The standard InChI is InChI=1S/C14H15N3O3S/c1-8-5-10(13(18)19)3-4-11(8)17-14(20)15-6-12-16-9(2)7-21-12/h3-5,7H,6H2,1-2H3,(H,18,19)(H2,15,17,20). The zero-order valence-electron chi connectivity index (χ0n) is 11.6. The van der Waals surface area contributed by atoms with E-state index in [9.17, 15) is 9.59 Å². The van der Waals surface area contributed by atoms with Crippen LogP contribution in [0.1, 0.15) is 26.6 Å². The summed E-state index contributed by atoms with van der Waals surface area (Å²) >= 11 is 1.49. The van der Waals surface area contributed by atoms with E-state index in [1.165, 1.54) is 23.5 Å². The van der Waals surface area contributed by atoms with Crippen LogP contribution in [-0.4, -0.2) is 22.1 Å². The van der Waals surface area contributed by atoms with E-state index in [-0.39, 0.29) is 11.6 Å². The molecule has 7 heteroatoms. The van der Waals surface area contributed by atoms with Gasteiger partial charge in [-0.2, -0.15) is 0 Å². The summed E-state index contributed by atoms with van der Waals surface area (Å²) in [5, 5.41) is 17.0. The van der Waals surface area contributed by atoms with Crippen LogP contribution in [0.5, 0.6) is 0 Å². The summed E-state index contributed by atoms with van der Waals surface area (Å²) in [6.45, 7) is 4.00. The van der Waals surface area contributed by atoms with Crippen molar-refractivity contribution >= 4 is 29.0 Å². The smallest absolute Gasteiger partial charge is 0.335 e. The van der Waals surface area contributed by atoms with Crippen LogP contribution in [-0.2, 0) is 6.54 Å². The molecular formula is C14H15N3O3S.